The minimum atomic E-state index is -0.973. The standard InChI is InChI=1S/C42H44ClN9O4/c1-27-28(2)51(46-39(27)30-9-12-34(44-3)33(43)25-30)26-29-7-10-31(11-8-29)49-21-17-47(18-22-49)15-16-48-19-23-50(24-20-48)35-6-4-5-32-38(35)42(56)52(41(32)55)36-13-14-37(53)45-40(36)54/h4-12,25,36H,13-24,26H2,1-2H3,(H,45,53,54). The monoisotopic (exact) mass is 773 g/mol. The Bertz CT molecular complexity index is 2250. The first-order valence-corrected chi connectivity index (χ1v) is 19.6. The van der Waals surface area contributed by atoms with Gasteiger partial charge in [0.1, 0.15) is 6.04 Å². The highest BCUT2D eigenvalue weighted by Gasteiger charge is 2.46. The number of carbonyl (C=O) groups is 4. The van der Waals surface area contributed by atoms with E-state index >= 15 is 0 Å². The summed E-state index contributed by atoms with van der Waals surface area (Å²) < 4.78 is 2.03. The third-order valence-corrected chi connectivity index (χ3v) is 12.0. The van der Waals surface area contributed by atoms with Gasteiger partial charge < -0.3 is 9.80 Å². The van der Waals surface area contributed by atoms with E-state index in [-0.39, 0.29) is 18.7 Å². The van der Waals surface area contributed by atoms with Crippen LogP contribution in [0.4, 0.5) is 17.1 Å². The molecule has 1 atom stereocenters. The third-order valence-electron chi connectivity index (χ3n) is 11.7. The summed E-state index contributed by atoms with van der Waals surface area (Å²) >= 11 is 6.32. The van der Waals surface area contributed by atoms with Crippen molar-refractivity contribution < 1.29 is 19.2 Å². The number of fused-ring (bicyclic) bond motifs is 1. The van der Waals surface area contributed by atoms with Crippen molar-refractivity contribution in [2.45, 2.75) is 39.3 Å². The minimum absolute atomic E-state index is 0.0962. The summed E-state index contributed by atoms with van der Waals surface area (Å²) in [6, 6.07) is 18.6. The number of hydrogen-bond donors (Lipinski definition) is 1. The van der Waals surface area contributed by atoms with Gasteiger partial charge in [0.05, 0.1) is 35.6 Å². The summed E-state index contributed by atoms with van der Waals surface area (Å²) in [7, 11) is 0. The van der Waals surface area contributed by atoms with Gasteiger partial charge in [-0.05, 0) is 61.7 Å². The molecule has 1 aromatic heterocycles. The molecule has 288 valence electrons. The molecule has 1 N–H and O–H groups in total. The number of rotatable bonds is 9. The predicted octanol–water partition coefficient (Wildman–Crippen LogP) is 4.76. The summed E-state index contributed by atoms with van der Waals surface area (Å²) in [6.07, 6.45) is 0.237. The fourth-order valence-electron chi connectivity index (χ4n) is 8.28. The van der Waals surface area contributed by atoms with Crippen LogP contribution in [0.5, 0.6) is 0 Å². The van der Waals surface area contributed by atoms with E-state index in [0.29, 0.717) is 28.4 Å². The zero-order chi connectivity index (χ0) is 39.1. The highest BCUT2D eigenvalue weighted by Crippen LogP contribution is 2.35. The van der Waals surface area contributed by atoms with E-state index in [1.807, 2.05) is 22.9 Å². The maximum atomic E-state index is 13.6. The first-order valence-electron chi connectivity index (χ1n) is 19.2. The molecule has 3 saturated heterocycles. The van der Waals surface area contributed by atoms with Crippen LogP contribution in [0.2, 0.25) is 5.02 Å². The number of benzene rings is 3. The van der Waals surface area contributed by atoms with Gasteiger partial charge in [-0.25, -0.2) is 4.85 Å². The van der Waals surface area contributed by atoms with Crippen molar-refractivity contribution in [3.05, 3.63) is 105 Å². The number of nitrogens with zero attached hydrogens (tertiary/aromatic N) is 8. The number of imide groups is 2. The highest BCUT2D eigenvalue weighted by atomic mass is 35.5. The number of anilines is 2. The Hall–Kier alpha value is -5.55. The zero-order valence-corrected chi connectivity index (χ0v) is 32.4. The van der Waals surface area contributed by atoms with Gasteiger partial charge in [0.15, 0.2) is 0 Å². The van der Waals surface area contributed by atoms with E-state index in [2.05, 4.69) is 67.9 Å². The van der Waals surface area contributed by atoms with Gasteiger partial charge >= 0.3 is 0 Å². The summed E-state index contributed by atoms with van der Waals surface area (Å²) in [5.41, 5.74) is 8.23. The average molecular weight is 774 g/mol. The number of aromatic nitrogens is 2. The molecule has 14 heteroatoms. The fourth-order valence-corrected chi connectivity index (χ4v) is 8.50. The van der Waals surface area contributed by atoms with E-state index in [9.17, 15) is 19.2 Å². The van der Waals surface area contributed by atoms with Crippen LogP contribution in [-0.2, 0) is 16.1 Å². The number of hydrogen-bond acceptors (Lipinski definition) is 9. The third kappa shape index (κ3) is 7.16. The molecule has 1 unspecified atom stereocenters. The Kier molecular flexibility index (Phi) is 10.4. The molecule has 4 aliphatic rings. The van der Waals surface area contributed by atoms with E-state index in [1.54, 1.807) is 18.2 Å². The van der Waals surface area contributed by atoms with Crippen molar-refractivity contribution in [1.29, 1.82) is 0 Å². The molecule has 8 rings (SSSR count). The quantitative estimate of drug-likeness (QED) is 0.190. The molecule has 0 spiro atoms. The smallest absolute Gasteiger partial charge is 0.264 e. The number of piperazine rings is 2. The van der Waals surface area contributed by atoms with E-state index < -0.39 is 23.8 Å². The average Bonchev–Trinajstić information content (AvgIpc) is 3.64. The lowest BCUT2D eigenvalue weighted by molar-refractivity contribution is -0.136. The topological polar surface area (TPSA) is 119 Å². The van der Waals surface area contributed by atoms with Crippen LogP contribution < -0.4 is 15.1 Å². The van der Waals surface area contributed by atoms with E-state index in [4.69, 9.17) is 23.3 Å². The number of carbonyl (C=O) groups excluding carboxylic acids is 4. The van der Waals surface area contributed by atoms with Crippen LogP contribution in [0.15, 0.2) is 60.7 Å². The Balaban J connectivity index is 0.804. The van der Waals surface area contributed by atoms with Gasteiger partial charge in [-0.15, -0.1) is 0 Å². The van der Waals surface area contributed by atoms with Crippen molar-refractivity contribution in [2.24, 2.45) is 0 Å². The number of nitrogens with one attached hydrogen (secondary N) is 1. The van der Waals surface area contributed by atoms with Gasteiger partial charge in [0.2, 0.25) is 17.5 Å². The van der Waals surface area contributed by atoms with E-state index in [1.165, 1.54) is 11.3 Å². The molecule has 5 heterocycles. The van der Waals surface area contributed by atoms with Crippen LogP contribution in [0.3, 0.4) is 0 Å². The van der Waals surface area contributed by atoms with Crippen molar-refractivity contribution in [1.82, 2.24) is 29.8 Å². The van der Waals surface area contributed by atoms with Crippen molar-refractivity contribution in [3.63, 3.8) is 0 Å². The highest BCUT2D eigenvalue weighted by molar-refractivity contribution is 6.33. The van der Waals surface area contributed by atoms with Crippen molar-refractivity contribution in [2.75, 3.05) is 75.2 Å². The fraction of sp³-hybridized carbons (Fsp3) is 0.381. The summed E-state index contributed by atoms with van der Waals surface area (Å²) in [5, 5.41) is 7.62. The second-order valence-corrected chi connectivity index (χ2v) is 15.4. The van der Waals surface area contributed by atoms with Crippen molar-refractivity contribution in [3.8, 4) is 11.3 Å². The zero-order valence-electron chi connectivity index (χ0n) is 31.6. The Morgan fingerprint density at radius 2 is 1.52 bits per heavy atom. The van der Waals surface area contributed by atoms with Gasteiger partial charge in [-0.1, -0.05) is 41.9 Å². The summed E-state index contributed by atoms with van der Waals surface area (Å²) in [4.78, 5) is 65.2. The first-order chi connectivity index (χ1) is 27.1. The van der Waals surface area contributed by atoms with Crippen molar-refractivity contribution >= 4 is 52.3 Å². The summed E-state index contributed by atoms with van der Waals surface area (Å²) in [5.74, 6) is -1.92. The lowest BCUT2D eigenvalue weighted by Crippen LogP contribution is -2.54. The lowest BCUT2D eigenvalue weighted by atomic mass is 10.0. The minimum Gasteiger partial charge on any atom is -0.369 e. The number of halogens is 1. The van der Waals surface area contributed by atoms with Crippen LogP contribution in [-0.4, -0.2) is 120 Å². The van der Waals surface area contributed by atoms with Gasteiger partial charge in [0.25, 0.3) is 11.8 Å². The molecule has 0 radical (unpaired) electrons. The number of piperidine rings is 1. The Morgan fingerprint density at radius 3 is 2.16 bits per heavy atom. The molecule has 4 amide bonds. The molecule has 0 bridgehead atoms. The summed E-state index contributed by atoms with van der Waals surface area (Å²) in [6.45, 7) is 21.1. The SMILES string of the molecule is [C-]#[N+]c1ccc(-c2nn(Cc3ccc(N4CCN(CCN5CCN(c6cccc7c6C(=O)N(C6CCC(=O)NC6=O)C7=O)CC5)CC4)cc3)c(C)c2C)cc1Cl. The second kappa shape index (κ2) is 15.5. The normalized spacial score (nSPS) is 19.4. The van der Waals surface area contributed by atoms with Crippen LogP contribution in [0.25, 0.3) is 16.1 Å². The molecule has 0 saturated carbocycles. The van der Waals surface area contributed by atoms with Crippen LogP contribution >= 0.6 is 11.6 Å². The molecule has 3 fully saturated rings. The Morgan fingerprint density at radius 1 is 0.839 bits per heavy atom. The molecular formula is C42H44ClN9O4. The molecular weight excluding hydrogens is 730 g/mol. The van der Waals surface area contributed by atoms with Gasteiger partial charge in [-0.3, -0.25) is 43.9 Å². The largest absolute Gasteiger partial charge is 0.369 e. The first kappa shape index (κ1) is 37.4. The number of amides is 4. The van der Waals surface area contributed by atoms with Gasteiger partial charge in [0, 0.05) is 93.8 Å². The maximum Gasteiger partial charge on any atom is 0.264 e. The molecule has 0 aliphatic carbocycles. The predicted molar refractivity (Wildman–Crippen MR) is 214 cm³/mol. The van der Waals surface area contributed by atoms with Gasteiger partial charge in [-0.2, -0.15) is 5.10 Å². The second-order valence-electron chi connectivity index (χ2n) is 15.0. The Labute approximate surface area is 331 Å². The van der Waals surface area contributed by atoms with Crippen LogP contribution in [0.1, 0.15) is 50.4 Å². The molecule has 4 aromatic rings. The molecule has 4 aliphatic heterocycles. The lowest BCUT2D eigenvalue weighted by Gasteiger charge is -2.39. The molecule has 3 aromatic carbocycles. The molecule has 56 heavy (non-hydrogen) atoms. The maximum absolute atomic E-state index is 13.6. The van der Waals surface area contributed by atoms with Crippen LogP contribution in [0, 0.1) is 20.4 Å². The van der Waals surface area contributed by atoms with E-state index in [0.717, 1.165) is 98.5 Å². The molecule has 13 nitrogen and oxygen atoms in total.